The third-order valence-corrected chi connectivity index (χ3v) is 4.33. The van der Waals surface area contributed by atoms with Gasteiger partial charge in [0.05, 0.1) is 10.5 Å². The summed E-state index contributed by atoms with van der Waals surface area (Å²) in [7, 11) is -4.18. The summed E-state index contributed by atoms with van der Waals surface area (Å²) in [5.41, 5.74) is 0.495. The molecule has 1 N–H and O–H groups in total. The maximum absolute atomic E-state index is 12.2. The van der Waals surface area contributed by atoms with Crippen LogP contribution in [0.5, 0.6) is 0 Å². The molecule has 0 fully saturated rings. The molecule has 0 aliphatic carbocycles. The number of aromatic carboxylic acids is 1. The van der Waals surface area contributed by atoms with Crippen LogP contribution < -0.4 is 0 Å². The van der Waals surface area contributed by atoms with E-state index in [0.29, 0.717) is 11.1 Å². The number of hydrogen-bond acceptors (Lipinski definition) is 3. The fourth-order valence-corrected chi connectivity index (χ4v) is 2.97. The molecular weight excluding hydrogens is 266 g/mol. The van der Waals surface area contributed by atoms with Crippen molar-refractivity contribution >= 4 is 15.8 Å². The van der Waals surface area contributed by atoms with Crippen molar-refractivity contribution in [2.75, 3.05) is 5.75 Å². The Morgan fingerprint density at radius 2 is 1.89 bits per heavy atom. The molecule has 1 aromatic carbocycles. The highest BCUT2D eigenvalue weighted by atomic mass is 32.2. The average Bonchev–Trinajstić information content (AvgIpc) is 2.19. The normalized spacial score (nSPS) is 11.8. The molecule has 0 bridgehead atoms. The first-order chi connectivity index (χ1) is 8.15. The lowest BCUT2D eigenvalue weighted by atomic mass is 10.1. The van der Waals surface area contributed by atoms with Crippen LogP contribution in [-0.2, 0) is 9.84 Å². The summed E-state index contributed by atoms with van der Waals surface area (Å²) in [6.45, 7) is 2.99. The fraction of sp³-hybridized carbons (Fsp3) is 0.364. The van der Waals surface area contributed by atoms with Gasteiger partial charge in [0.2, 0.25) is 0 Å². The highest BCUT2D eigenvalue weighted by Gasteiger charge is 2.24. The van der Waals surface area contributed by atoms with Gasteiger partial charge in [-0.3, -0.25) is 0 Å². The van der Waals surface area contributed by atoms with Crippen LogP contribution in [0.25, 0.3) is 0 Å². The van der Waals surface area contributed by atoms with Crippen LogP contribution in [0.15, 0.2) is 17.0 Å². The zero-order valence-electron chi connectivity index (χ0n) is 9.78. The average molecular weight is 278 g/mol. The van der Waals surface area contributed by atoms with E-state index in [0.717, 1.165) is 6.07 Å². The summed E-state index contributed by atoms with van der Waals surface area (Å²) in [6.07, 6.45) is -3.00. The van der Waals surface area contributed by atoms with Gasteiger partial charge in [-0.15, -0.1) is 0 Å². The number of alkyl halides is 2. The number of rotatable bonds is 4. The molecule has 0 atom stereocenters. The lowest BCUT2D eigenvalue weighted by molar-refractivity contribution is 0.0696. The van der Waals surface area contributed by atoms with Gasteiger partial charge in [-0.2, -0.15) is 0 Å². The molecule has 18 heavy (non-hydrogen) atoms. The number of hydrogen-bond donors (Lipinski definition) is 1. The van der Waals surface area contributed by atoms with Crippen molar-refractivity contribution in [3.05, 3.63) is 28.8 Å². The van der Waals surface area contributed by atoms with E-state index in [4.69, 9.17) is 5.11 Å². The quantitative estimate of drug-likeness (QED) is 0.914. The molecule has 1 rings (SSSR count). The molecule has 1 aromatic rings. The molecule has 100 valence electrons. The Bertz CT molecular complexity index is 579. The van der Waals surface area contributed by atoms with Crippen LogP contribution in [0, 0.1) is 13.8 Å². The van der Waals surface area contributed by atoms with Gasteiger partial charge in [0, 0.05) is 0 Å². The number of carboxylic acids is 1. The van der Waals surface area contributed by atoms with Gasteiger partial charge < -0.3 is 5.11 Å². The van der Waals surface area contributed by atoms with E-state index in [1.807, 2.05) is 0 Å². The first-order valence-electron chi connectivity index (χ1n) is 5.00. The highest BCUT2D eigenvalue weighted by Crippen LogP contribution is 2.23. The third kappa shape index (κ3) is 3.04. The molecule has 0 saturated carbocycles. The van der Waals surface area contributed by atoms with Gasteiger partial charge in [0.25, 0.3) is 6.43 Å². The molecule has 7 heteroatoms. The Balaban J connectivity index is 3.45. The van der Waals surface area contributed by atoms with E-state index in [1.54, 1.807) is 0 Å². The van der Waals surface area contributed by atoms with Gasteiger partial charge >= 0.3 is 5.97 Å². The van der Waals surface area contributed by atoms with E-state index in [9.17, 15) is 22.0 Å². The van der Waals surface area contributed by atoms with E-state index in [1.165, 1.54) is 19.9 Å². The second kappa shape index (κ2) is 5.01. The Labute approximate surface area is 103 Å². The first-order valence-corrected chi connectivity index (χ1v) is 6.66. The van der Waals surface area contributed by atoms with Gasteiger partial charge in [0.15, 0.2) is 9.84 Å². The Morgan fingerprint density at radius 3 is 2.33 bits per heavy atom. The van der Waals surface area contributed by atoms with E-state index in [2.05, 4.69) is 0 Å². The molecule has 0 heterocycles. The molecule has 0 unspecified atom stereocenters. The highest BCUT2D eigenvalue weighted by molar-refractivity contribution is 7.91. The fourth-order valence-electron chi connectivity index (χ4n) is 1.53. The molecule has 0 aliphatic rings. The topological polar surface area (TPSA) is 71.4 Å². The lowest BCUT2D eigenvalue weighted by Gasteiger charge is -2.11. The SMILES string of the molecule is Cc1cc(C(=O)O)cc(S(=O)(=O)CC(F)F)c1C. The van der Waals surface area contributed by atoms with Crippen LogP contribution in [0.4, 0.5) is 8.78 Å². The van der Waals surface area contributed by atoms with Crippen molar-refractivity contribution in [1.29, 1.82) is 0 Å². The van der Waals surface area contributed by atoms with Crippen molar-refractivity contribution in [2.45, 2.75) is 25.2 Å². The molecule has 0 saturated heterocycles. The van der Waals surface area contributed by atoms with Gasteiger partial charge in [-0.05, 0) is 37.1 Å². The first kappa shape index (κ1) is 14.6. The van der Waals surface area contributed by atoms with E-state index >= 15 is 0 Å². The van der Waals surface area contributed by atoms with Crippen LogP contribution in [0.1, 0.15) is 21.5 Å². The number of carboxylic acid groups (broad SMARTS) is 1. The van der Waals surface area contributed by atoms with Gasteiger partial charge in [-0.1, -0.05) is 0 Å². The van der Waals surface area contributed by atoms with Crippen molar-refractivity contribution in [3.63, 3.8) is 0 Å². The zero-order valence-corrected chi connectivity index (χ0v) is 10.6. The summed E-state index contributed by atoms with van der Waals surface area (Å²) in [4.78, 5) is 10.5. The third-order valence-electron chi connectivity index (χ3n) is 2.55. The minimum Gasteiger partial charge on any atom is -0.478 e. The lowest BCUT2D eigenvalue weighted by Crippen LogP contribution is -2.16. The van der Waals surface area contributed by atoms with Gasteiger partial charge in [-0.25, -0.2) is 22.0 Å². The van der Waals surface area contributed by atoms with Crippen molar-refractivity contribution in [1.82, 2.24) is 0 Å². The Kier molecular flexibility index (Phi) is 4.05. The minimum atomic E-state index is -4.18. The standard InChI is InChI=1S/C11H12F2O4S/c1-6-3-8(11(14)15)4-9(7(6)2)18(16,17)5-10(12)13/h3-4,10H,5H2,1-2H3,(H,14,15). The number of aryl methyl sites for hydroxylation is 1. The number of sulfone groups is 1. The molecule has 0 amide bonds. The number of benzene rings is 1. The minimum absolute atomic E-state index is 0.231. The zero-order chi connectivity index (χ0) is 14.1. The van der Waals surface area contributed by atoms with Gasteiger partial charge in [0.1, 0.15) is 5.75 Å². The summed E-state index contributed by atoms with van der Waals surface area (Å²) in [5.74, 6) is -2.61. The monoisotopic (exact) mass is 278 g/mol. The van der Waals surface area contributed by atoms with Crippen LogP contribution in [0.2, 0.25) is 0 Å². The molecular formula is C11H12F2O4S. The summed E-state index contributed by atoms with van der Waals surface area (Å²) in [5, 5.41) is 8.83. The summed E-state index contributed by atoms with van der Waals surface area (Å²) in [6, 6.07) is 2.22. The molecule has 0 aliphatic heterocycles. The van der Waals surface area contributed by atoms with Crippen LogP contribution in [0.3, 0.4) is 0 Å². The van der Waals surface area contributed by atoms with Crippen molar-refractivity contribution < 1.29 is 27.1 Å². The number of carbonyl (C=O) groups is 1. The van der Waals surface area contributed by atoms with Crippen LogP contribution >= 0.6 is 0 Å². The van der Waals surface area contributed by atoms with Crippen molar-refractivity contribution in [2.24, 2.45) is 0 Å². The molecule has 4 nitrogen and oxygen atoms in total. The summed E-state index contributed by atoms with van der Waals surface area (Å²) < 4.78 is 47.9. The molecule has 0 aromatic heterocycles. The predicted octanol–water partition coefficient (Wildman–Crippen LogP) is 2.04. The molecule has 0 spiro atoms. The summed E-state index contributed by atoms with van der Waals surface area (Å²) >= 11 is 0. The second-order valence-corrected chi connectivity index (χ2v) is 5.90. The van der Waals surface area contributed by atoms with Crippen LogP contribution in [-0.4, -0.2) is 31.7 Å². The maximum Gasteiger partial charge on any atom is 0.335 e. The smallest absolute Gasteiger partial charge is 0.335 e. The predicted molar refractivity (Wildman–Crippen MR) is 60.9 cm³/mol. The maximum atomic E-state index is 12.2. The Morgan fingerprint density at radius 1 is 1.33 bits per heavy atom. The molecule has 0 radical (unpaired) electrons. The number of halogens is 2. The van der Waals surface area contributed by atoms with Crippen molar-refractivity contribution in [3.8, 4) is 0 Å². The Hall–Kier alpha value is -1.50. The largest absolute Gasteiger partial charge is 0.478 e. The van der Waals surface area contributed by atoms with E-state index < -0.39 is 28.0 Å². The van der Waals surface area contributed by atoms with E-state index in [-0.39, 0.29) is 10.5 Å². The second-order valence-electron chi connectivity index (χ2n) is 3.89.